The number of halogens is 6. The molecule has 14 heavy (non-hydrogen) atoms. The standard InChI is InChI=1S/C5H3B3Br6/c9-6(10)3-1-2-4(7(11)12)5(3)8(13)14/h1-3H. The predicted octanol–water partition coefficient (Wildman–Crippen LogP) is 5.14. The average Bonchev–Trinajstić information content (AvgIpc) is 2.46. The molecule has 0 aliphatic heterocycles. The van der Waals surface area contributed by atoms with E-state index < -0.39 is 0 Å². The molecule has 0 nitrogen and oxygen atoms in total. The molecule has 0 fully saturated rings. The second kappa shape index (κ2) is 6.48. The smallest absolute Gasteiger partial charge is 0.138 e. The molecule has 0 radical (unpaired) electrons. The highest BCUT2D eigenvalue weighted by Crippen LogP contribution is 2.43. The Hall–Kier alpha value is 2.55. The molecule has 0 bridgehead atoms. The number of allylic oxidation sites excluding steroid dienone is 4. The Morgan fingerprint density at radius 1 is 0.929 bits per heavy atom. The Morgan fingerprint density at radius 3 is 1.86 bits per heavy atom. The first-order chi connectivity index (χ1) is 6.45. The molecular formula is C5H3B3Br6. The van der Waals surface area contributed by atoms with Gasteiger partial charge in [-0.2, -0.15) is 0 Å². The fraction of sp³-hybridized carbons (Fsp3) is 0.200. The molecule has 1 aliphatic rings. The van der Waals surface area contributed by atoms with E-state index in [0.717, 1.165) is 0 Å². The second-order valence-corrected chi connectivity index (χ2v) is 12.1. The van der Waals surface area contributed by atoms with E-state index >= 15 is 0 Å². The van der Waals surface area contributed by atoms with Crippen molar-refractivity contribution in [1.29, 1.82) is 0 Å². The van der Waals surface area contributed by atoms with Gasteiger partial charge in [-0.1, -0.05) is 23.1 Å². The van der Waals surface area contributed by atoms with Crippen LogP contribution < -0.4 is 0 Å². The summed E-state index contributed by atoms with van der Waals surface area (Å²) in [4.78, 5) is 0. The Kier molecular flexibility index (Phi) is 6.76. The van der Waals surface area contributed by atoms with Gasteiger partial charge in [-0.25, -0.2) is 0 Å². The minimum Gasteiger partial charge on any atom is -0.138 e. The first kappa shape index (κ1) is 14.6. The van der Waals surface area contributed by atoms with Crippen LogP contribution >= 0.6 is 94.5 Å². The van der Waals surface area contributed by atoms with Crippen molar-refractivity contribution in [2.75, 3.05) is 0 Å². The number of hydrogen-bond acceptors (Lipinski definition) is 0. The van der Waals surface area contributed by atoms with Gasteiger partial charge in [0.15, 0.2) is 0 Å². The molecule has 1 rings (SSSR count). The summed E-state index contributed by atoms with van der Waals surface area (Å²) in [5, 5.41) is 0. The van der Waals surface area contributed by atoms with Gasteiger partial charge < -0.3 is 0 Å². The van der Waals surface area contributed by atoms with Crippen LogP contribution in [0.1, 0.15) is 0 Å². The molecule has 0 saturated carbocycles. The molecule has 9 heteroatoms. The van der Waals surface area contributed by atoms with E-state index in [9.17, 15) is 0 Å². The van der Waals surface area contributed by atoms with Gasteiger partial charge in [0.2, 0.25) is 0 Å². The van der Waals surface area contributed by atoms with Crippen LogP contribution in [-0.4, -0.2) is 13.1 Å². The molecule has 0 spiro atoms. The first-order valence-electron chi connectivity index (χ1n) is 3.71. The second-order valence-electron chi connectivity index (χ2n) is 2.73. The van der Waals surface area contributed by atoms with Gasteiger partial charge in [0.05, 0.1) is 0 Å². The summed E-state index contributed by atoms with van der Waals surface area (Å²) in [7, 11) is 0. The van der Waals surface area contributed by atoms with Gasteiger partial charge in [0.25, 0.3) is 0 Å². The van der Waals surface area contributed by atoms with E-state index in [1.165, 1.54) is 10.9 Å². The van der Waals surface area contributed by atoms with E-state index in [1.54, 1.807) is 0 Å². The van der Waals surface area contributed by atoms with E-state index in [1.807, 2.05) is 0 Å². The fourth-order valence-corrected chi connectivity index (χ4v) is 4.18. The fourth-order valence-electron chi connectivity index (χ4n) is 1.29. The van der Waals surface area contributed by atoms with Crippen molar-refractivity contribution >= 4 is 108 Å². The van der Waals surface area contributed by atoms with Gasteiger partial charge in [0.1, 0.15) is 0 Å². The summed E-state index contributed by atoms with van der Waals surface area (Å²) in [6, 6.07) is 0. The van der Waals surface area contributed by atoms with E-state index in [-0.39, 0.29) is 13.1 Å². The highest BCUT2D eigenvalue weighted by atomic mass is 79.9. The van der Waals surface area contributed by atoms with Gasteiger partial charge in [0, 0.05) is 0 Å². The van der Waals surface area contributed by atoms with Crippen molar-refractivity contribution in [2.24, 2.45) is 0 Å². The third kappa shape index (κ3) is 3.52. The van der Waals surface area contributed by atoms with Crippen LogP contribution in [0.3, 0.4) is 0 Å². The monoisotopic (exact) mass is 570 g/mol. The van der Waals surface area contributed by atoms with Crippen molar-refractivity contribution < 1.29 is 0 Å². The Morgan fingerprint density at radius 2 is 1.50 bits per heavy atom. The summed E-state index contributed by atoms with van der Waals surface area (Å²) >= 11 is 21.2. The zero-order valence-corrected chi connectivity index (χ0v) is 16.2. The lowest BCUT2D eigenvalue weighted by molar-refractivity contribution is 1.37. The van der Waals surface area contributed by atoms with Gasteiger partial charge in [-0.3, -0.25) is 0 Å². The van der Waals surface area contributed by atoms with Gasteiger partial charge >= 0.3 is 13.1 Å². The summed E-state index contributed by atoms with van der Waals surface area (Å²) in [6.07, 6.45) is 4.32. The molecule has 0 aromatic heterocycles. The summed E-state index contributed by atoms with van der Waals surface area (Å²) in [5.74, 6) is 0.367. The molecule has 0 amide bonds. The maximum absolute atomic E-state index is 3.55. The van der Waals surface area contributed by atoms with Crippen molar-refractivity contribution in [3.05, 3.63) is 23.1 Å². The largest absolute Gasteiger partial charge is 0.328 e. The quantitative estimate of drug-likeness (QED) is 0.410. The Bertz CT molecular complexity index is 273. The Balaban J connectivity index is 3.02. The minimum atomic E-state index is 0.195. The number of rotatable bonds is 3. The Labute approximate surface area is 135 Å². The lowest BCUT2D eigenvalue weighted by Crippen LogP contribution is -2.14. The molecule has 1 atom stereocenters. The molecule has 0 saturated heterocycles. The highest BCUT2D eigenvalue weighted by molar-refractivity contribution is 9.50. The van der Waals surface area contributed by atoms with Crippen LogP contribution in [0.2, 0.25) is 5.82 Å². The summed E-state index contributed by atoms with van der Waals surface area (Å²) in [5.41, 5.74) is 2.58. The van der Waals surface area contributed by atoms with Crippen LogP contribution in [-0.2, 0) is 0 Å². The molecule has 0 heterocycles. The predicted molar refractivity (Wildman–Crippen MR) is 90.7 cm³/mol. The molecule has 0 N–H and O–H groups in total. The SMILES string of the molecule is BrB(Br)C1=C(B(Br)Br)C(B(Br)Br)C=C1. The summed E-state index contributed by atoms with van der Waals surface area (Å²) in [6.45, 7) is 0. The molecule has 0 aromatic rings. The van der Waals surface area contributed by atoms with Crippen LogP contribution in [0.15, 0.2) is 23.1 Å². The third-order valence-electron chi connectivity index (χ3n) is 1.92. The molecular weight excluding hydrogens is 572 g/mol. The maximum atomic E-state index is 3.55. The van der Waals surface area contributed by atoms with Crippen LogP contribution in [0.5, 0.6) is 0 Å². The first-order valence-corrected chi connectivity index (χ1v) is 9.21. The maximum Gasteiger partial charge on any atom is 0.328 e. The van der Waals surface area contributed by atoms with Crippen molar-refractivity contribution in [1.82, 2.24) is 0 Å². The normalized spacial score (nSPS) is 20.3. The van der Waals surface area contributed by atoms with E-state index in [4.69, 9.17) is 0 Å². The van der Waals surface area contributed by atoms with Crippen LogP contribution in [0.4, 0.5) is 0 Å². The minimum absolute atomic E-state index is 0.195. The molecule has 1 aliphatic carbocycles. The highest BCUT2D eigenvalue weighted by Gasteiger charge is 2.34. The zero-order valence-electron chi connectivity index (χ0n) is 6.73. The third-order valence-corrected chi connectivity index (χ3v) is 5.03. The van der Waals surface area contributed by atoms with Gasteiger partial charge in [-0.15, -0.1) is 94.5 Å². The lowest BCUT2D eigenvalue weighted by Gasteiger charge is -2.15. The van der Waals surface area contributed by atoms with Crippen molar-refractivity contribution in [2.45, 2.75) is 5.82 Å². The zero-order chi connectivity index (χ0) is 10.9. The van der Waals surface area contributed by atoms with Crippen molar-refractivity contribution in [3.63, 3.8) is 0 Å². The molecule has 1 unspecified atom stereocenters. The van der Waals surface area contributed by atoms with Crippen LogP contribution in [0, 0.1) is 0 Å². The topological polar surface area (TPSA) is 0 Å². The average molecular weight is 575 g/mol. The van der Waals surface area contributed by atoms with E-state index in [2.05, 4.69) is 107 Å². The lowest BCUT2D eigenvalue weighted by atomic mass is 9.69. The van der Waals surface area contributed by atoms with Crippen LogP contribution in [0.25, 0.3) is 0 Å². The summed E-state index contributed by atoms with van der Waals surface area (Å²) < 4.78 is 0.651. The van der Waals surface area contributed by atoms with Gasteiger partial charge in [-0.05, 0) is 5.82 Å². The van der Waals surface area contributed by atoms with Crippen molar-refractivity contribution in [3.8, 4) is 0 Å². The number of hydrogen-bond donors (Lipinski definition) is 0. The van der Waals surface area contributed by atoms with E-state index in [0.29, 0.717) is 5.82 Å². The molecule has 74 valence electrons. The molecule has 0 aromatic carbocycles.